The van der Waals surface area contributed by atoms with E-state index in [1.807, 2.05) is 18.2 Å². The maximum atomic E-state index is 12.2. The third kappa shape index (κ3) is 4.61. The Morgan fingerprint density at radius 1 is 1.19 bits per heavy atom. The van der Waals surface area contributed by atoms with Crippen LogP contribution < -0.4 is 16.4 Å². The zero-order valence-corrected chi connectivity index (χ0v) is 14.9. The number of nitrogens with two attached hydrogens (primary N) is 1. The lowest BCUT2D eigenvalue weighted by Gasteiger charge is -2.17. The van der Waals surface area contributed by atoms with Gasteiger partial charge in [0.15, 0.2) is 0 Å². The molecule has 2 aromatic carbocycles. The van der Waals surface area contributed by atoms with E-state index in [2.05, 4.69) is 27.7 Å². The molecule has 1 aliphatic heterocycles. The van der Waals surface area contributed by atoms with Crippen molar-refractivity contribution in [2.24, 2.45) is 5.73 Å². The van der Waals surface area contributed by atoms with Gasteiger partial charge in [-0.3, -0.25) is 9.69 Å². The first-order valence-corrected chi connectivity index (χ1v) is 8.75. The summed E-state index contributed by atoms with van der Waals surface area (Å²) in [4.78, 5) is 25.8. The van der Waals surface area contributed by atoms with Crippen LogP contribution in [0.25, 0.3) is 0 Å². The number of benzene rings is 2. The van der Waals surface area contributed by atoms with E-state index >= 15 is 0 Å². The van der Waals surface area contributed by atoms with Gasteiger partial charge < -0.3 is 16.4 Å². The number of likely N-dealkylation sites (tertiary alicyclic amines) is 1. The van der Waals surface area contributed by atoms with E-state index in [-0.39, 0.29) is 12.1 Å². The van der Waals surface area contributed by atoms with Gasteiger partial charge in [0.1, 0.15) is 0 Å². The Hall–Kier alpha value is -2.86. The molecule has 3 rings (SSSR count). The van der Waals surface area contributed by atoms with Crippen LogP contribution in [0.5, 0.6) is 0 Å². The van der Waals surface area contributed by atoms with E-state index in [4.69, 9.17) is 5.73 Å². The van der Waals surface area contributed by atoms with Gasteiger partial charge in [-0.15, -0.1) is 0 Å². The molecule has 2 aromatic rings. The highest BCUT2D eigenvalue weighted by Gasteiger charge is 2.23. The number of carbonyl (C=O) groups is 2. The molecule has 1 atom stereocenters. The zero-order chi connectivity index (χ0) is 18.5. The average molecular weight is 352 g/mol. The highest BCUT2D eigenvalue weighted by molar-refractivity contribution is 5.96. The van der Waals surface area contributed by atoms with Gasteiger partial charge in [0, 0.05) is 36.9 Å². The first-order valence-electron chi connectivity index (χ1n) is 8.75. The number of aryl methyl sites for hydroxylation is 1. The summed E-state index contributed by atoms with van der Waals surface area (Å²) in [6.45, 7) is 4.49. The van der Waals surface area contributed by atoms with Crippen molar-refractivity contribution < 1.29 is 9.59 Å². The summed E-state index contributed by atoms with van der Waals surface area (Å²) in [6, 6.07) is 15.3. The SMILES string of the molecule is Cc1cc(NC(=O)NC2CCN(Cc3ccccc3)C2)ccc1C(N)=O. The second kappa shape index (κ2) is 8.01. The number of amides is 3. The summed E-state index contributed by atoms with van der Waals surface area (Å²) >= 11 is 0. The third-order valence-electron chi connectivity index (χ3n) is 4.61. The Bertz CT molecular complexity index is 792. The Balaban J connectivity index is 1.50. The molecule has 4 N–H and O–H groups in total. The fourth-order valence-corrected chi connectivity index (χ4v) is 3.31. The first kappa shape index (κ1) is 17.9. The fourth-order valence-electron chi connectivity index (χ4n) is 3.31. The molecule has 1 saturated heterocycles. The van der Waals surface area contributed by atoms with E-state index in [1.165, 1.54) is 5.56 Å². The van der Waals surface area contributed by atoms with Crippen molar-refractivity contribution in [1.82, 2.24) is 10.2 Å². The molecule has 0 aromatic heterocycles. The quantitative estimate of drug-likeness (QED) is 0.772. The number of urea groups is 1. The van der Waals surface area contributed by atoms with E-state index in [0.29, 0.717) is 11.3 Å². The van der Waals surface area contributed by atoms with Crippen LogP contribution in [0.1, 0.15) is 27.9 Å². The summed E-state index contributed by atoms with van der Waals surface area (Å²) in [5.74, 6) is -0.469. The monoisotopic (exact) mass is 352 g/mol. The molecule has 0 saturated carbocycles. The largest absolute Gasteiger partial charge is 0.366 e. The number of hydrogen-bond acceptors (Lipinski definition) is 3. The molecule has 0 spiro atoms. The number of nitrogens with zero attached hydrogens (tertiary/aromatic N) is 1. The van der Waals surface area contributed by atoms with Crippen LogP contribution in [-0.4, -0.2) is 36.0 Å². The van der Waals surface area contributed by atoms with Crippen LogP contribution in [0, 0.1) is 6.92 Å². The standard InChI is InChI=1S/C20H24N4O2/c1-14-11-16(7-8-18(14)19(21)25)22-20(26)23-17-9-10-24(13-17)12-15-5-3-2-4-6-15/h2-8,11,17H,9-10,12-13H2,1H3,(H2,21,25)(H2,22,23,26). The fraction of sp³-hybridized carbons (Fsp3) is 0.300. The molecule has 6 heteroatoms. The Kier molecular flexibility index (Phi) is 5.53. The van der Waals surface area contributed by atoms with Crippen molar-refractivity contribution >= 4 is 17.6 Å². The zero-order valence-electron chi connectivity index (χ0n) is 14.9. The van der Waals surface area contributed by atoms with E-state index < -0.39 is 5.91 Å². The molecule has 0 aliphatic carbocycles. The summed E-state index contributed by atoms with van der Waals surface area (Å²) in [6.07, 6.45) is 0.930. The Morgan fingerprint density at radius 2 is 1.96 bits per heavy atom. The normalized spacial score (nSPS) is 17.0. The smallest absolute Gasteiger partial charge is 0.319 e. The van der Waals surface area contributed by atoms with Crippen molar-refractivity contribution in [3.05, 3.63) is 65.2 Å². The van der Waals surface area contributed by atoms with Gasteiger partial charge in [-0.25, -0.2) is 4.79 Å². The highest BCUT2D eigenvalue weighted by Crippen LogP contribution is 2.16. The Labute approximate surface area is 153 Å². The lowest BCUT2D eigenvalue weighted by molar-refractivity contribution is 0.0999. The van der Waals surface area contributed by atoms with E-state index in [1.54, 1.807) is 25.1 Å². The second-order valence-corrected chi connectivity index (χ2v) is 6.70. The van der Waals surface area contributed by atoms with Crippen LogP contribution in [-0.2, 0) is 6.54 Å². The van der Waals surface area contributed by atoms with Crippen molar-refractivity contribution in [3.8, 4) is 0 Å². The van der Waals surface area contributed by atoms with Gasteiger partial charge in [-0.1, -0.05) is 30.3 Å². The third-order valence-corrected chi connectivity index (χ3v) is 4.61. The van der Waals surface area contributed by atoms with Gasteiger partial charge in [-0.2, -0.15) is 0 Å². The van der Waals surface area contributed by atoms with Crippen LogP contribution in [0.15, 0.2) is 48.5 Å². The summed E-state index contributed by atoms with van der Waals surface area (Å²) in [5.41, 5.74) is 8.42. The van der Waals surface area contributed by atoms with Gasteiger partial charge in [-0.05, 0) is 42.7 Å². The average Bonchev–Trinajstić information content (AvgIpc) is 3.02. The topological polar surface area (TPSA) is 87.5 Å². The molecule has 0 bridgehead atoms. The van der Waals surface area contributed by atoms with E-state index in [9.17, 15) is 9.59 Å². The number of primary amides is 1. The Morgan fingerprint density at radius 3 is 2.65 bits per heavy atom. The number of carbonyl (C=O) groups excluding carboxylic acids is 2. The maximum absolute atomic E-state index is 12.2. The van der Waals surface area contributed by atoms with Crippen molar-refractivity contribution in [2.45, 2.75) is 25.9 Å². The second-order valence-electron chi connectivity index (χ2n) is 6.70. The molecule has 1 unspecified atom stereocenters. The lowest BCUT2D eigenvalue weighted by Crippen LogP contribution is -2.39. The predicted molar refractivity (Wildman–Crippen MR) is 102 cm³/mol. The maximum Gasteiger partial charge on any atom is 0.319 e. The highest BCUT2D eigenvalue weighted by atomic mass is 16.2. The molecular formula is C20H24N4O2. The van der Waals surface area contributed by atoms with Gasteiger partial charge >= 0.3 is 6.03 Å². The van der Waals surface area contributed by atoms with Crippen LogP contribution in [0.4, 0.5) is 10.5 Å². The van der Waals surface area contributed by atoms with Crippen LogP contribution in [0.3, 0.4) is 0 Å². The van der Waals surface area contributed by atoms with E-state index in [0.717, 1.165) is 31.6 Å². The van der Waals surface area contributed by atoms with Crippen molar-refractivity contribution in [3.63, 3.8) is 0 Å². The molecule has 1 fully saturated rings. The lowest BCUT2D eigenvalue weighted by atomic mass is 10.1. The number of hydrogen-bond donors (Lipinski definition) is 3. The van der Waals surface area contributed by atoms with Gasteiger partial charge in [0.25, 0.3) is 0 Å². The van der Waals surface area contributed by atoms with Crippen molar-refractivity contribution in [2.75, 3.05) is 18.4 Å². The molecule has 1 heterocycles. The molecule has 3 amide bonds. The minimum atomic E-state index is -0.469. The number of nitrogens with one attached hydrogen (secondary N) is 2. The minimum Gasteiger partial charge on any atom is -0.366 e. The van der Waals surface area contributed by atoms with Crippen molar-refractivity contribution in [1.29, 1.82) is 0 Å². The predicted octanol–water partition coefficient (Wildman–Crippen LogP) is 2.49. The summed E-state index contributed by atoms with van der Waals surface area (Å²) in [5, 5.41) is 5.84. The molecule has 136 valence electrons. The molecule has 0 radical (unpaired) electrons. The summed E-state index contributed by atoms with van der Waals surface area (Å²) in [7, 11) is 0. The minimum absolute atomic E-state index is 0.129. The van der Waals surface area contributed by atoms with Gasteiger partial charge in [0.2, 0.25) is 5.91 Å². The van der Waals surface area contributed by atoms with Crippen LogP contribution >= 0.6 is 0 Å². The first-order chi connectivity index (χ1) is 12.5. The molecule has 1 aliphatic rings. The molecular weight excluding hydrogens is 328 g/mol. The number of anilines is 1. The molecule has 26 heavy (non-hydrogen) atoms. The summed E-state index contributed by atoms with van der Waals surface area (Å²) < 4.78 is 0. The molecule has 6 nitrogen and oxygen atoms in total. The van der Waals surface area contributed by atoms with Gasteiger partial charge in [0.05, 0.1) is 0 Å². The number of rotatable bonds is 5. The van der Waals surface area contributed by atoms with Crippen LogP contribution in [0.2, 0.25) is 0 Å².